The van der Waals surface area contributed by atoms with Gasteiger partial charge in [-0.2, -0.15) is 0 Å². The van der Waals surface area contributed by atoms with Crippen LogP contribution >= 0.6 is 0 Å². The van der Waals surface area contributed by atoms with E-state index in [-0.39, 0.29) is 11.8 Å². The molecule has 4 rings (SSSR count). The van der Waals surface area contributed by atoms with E-state index < -0.39 is 0 Å². The van der Waals surface area contributed by atoms with Crippen molar-refractivity contribution in [2.45, 2.75) is 38.1 Å². The molecule has 0 spiro atoms. The van der Waals surface area contributed by atoms with Crippen molar-refractivity contribution in [3.63, 3.8) is 0 Å². The van der Waals surface area contributed by atoms with Gasteiger partial charge in [-0.3, -0.25) is 4.79 Å². The van der Waals surface area contributed by atoms with Crippen molar-refractivity contribution >= 4 is 11.5 Å². The van der Waals surface area contributed by atoms with Crippen LogP contribution in [-0.4, -0.2) is 28.1 Å². The van der Waals surface area contributed by atoms with Gasteiger partial charge in [-0.05, 0) is 30.4 Å². The van der Waals surface area contributed by atoms with Gasteiger partial charge >= 0.3 is 0 Å². The molecule has 108 valence electrons. The third-order valence-corrected chi connectivity index (χ3v) is 4.94. The first-order valence-electron chi connectivity index (χ1n) is 7.61. The van der Waals surface area contributed by atoms with Crippen LogP contribution in [0.2, 0.25) is 0 Å². The third-order valence-electron chi connectivity index (χ3n) is 4.94. The van der Waals surface area contributed by atoms with Crippen LogP contribution in [0.4, 0.5) is 0 Å². The normalized spacial score (nSPS) is 26.5. The molecule has 1 atom stereocenters. The minimum atomic E-state index is 0.140. The molecule has 4 heteroatoms. The number of Topliss-reactive ketones (excluding diaryl/α,β-unsaturated/α-hetero) is 1. The highest BCUT2D eigenvalue weighted by atomic mass is 16.4. The molecule has 1 aromatic carbocycles. The number of carbonyl (C=O) groups excluding carboxylic acids is 1. The highest BCUT2D eigenvalue weighted by Crippen LogP contribution is 2.43. The first kappa shape index (κ1) is 12.6. The quantitative estimate of drug-likeness (QED) is 0.588. The molecule has 1 aromatic rings. The van der Waals surface area contributed by atoms with E-state index in [0.29, 0.717) is 24.1 Å². The largest absolute Gasteiger partial charge is 0.411 e. The molecule has 0 saturated heterocycles. The number of hydrogen-bond acceptors (Lipinski definition) is 4. The van der Waals surface area contributed by atoms with Gasteiger partial charge in [-0.1, -0.05) is 29.4 Å². The fourth-order valence-electron chi connectivity index (χ4n) is 4.01. The molecule has 0 radical (unpaired) electrons. The Morgan fingerprint density at radius 2 is 2.05 bits per heavy atom. The maximum Gasteiger partial charge on any atom is 0.166 e. The lowest BCUT2D eigenvalue weighted by Gasteiger charge is -2.45. The Morgan fingerprint density at radius 3 is 2.90 bits per heavy atom. The topological polar surface area (TPSA) is 52.9 Å². The van der Waals surface area contributed by atoms with E-state index in [1.165, 1.54) is 11.1 Å². The van der Waals surface area contributed by atoms with Crippen molar-refractivity contribution < 1.29 is 10.0 Å². The number of rotatable bonds is 0. The summed E-state index contributed by atoms with van der Waals surface area (Å²) in [5.41, 5.74) is 5.06. The SMILES string of the molecule is O=C1CCCC2=C1/C(=N\O)C[C@@H]1c3ccccc3CCN21. The standard InChI is InChI=1S/C17H18N2O2/c20-16-7-3-6-14-17(16)13(18-21)10-15-12-5-2-1-4-11(12)8-9-19(14)15/h1-2,4-5,15,21H,3,6-10H2/b18-13-/t15-/m1/s1. The van der Waals surface area contributed by atoms with E-state index in [1.54, 1.807) is 0 Å². The van der Waals surface area contributed by atoms with Crippen LogP contribution in [0.5, 0.6) is 0 Å². The Bertz CT molecular complexity index is 675. The number of nitrogens with zero attached hydrogens (tertiary/aromatic N) is 2. The predicted molar refractivity (Wildman–Crippen MR) is 79.3 cm³/mol. The Kier molecular flexibility index (Phi) is 2.84. The summed E-state index contributed by atoms with van der Waals surface area (Å²) in [6.45, 7) is 0.951. The zero-order valence-electron chi connectivity index (χ0n) is 11.9. The highest BCUT2D eigenvalue weighted by molar-refractivity contribution is 6.23. The van der Waals surface area contributed by atoms with Gasteiger partial charge in [0.1, 0.15) is 0 Å². The summed E-state index contributed by atoms with van der Waals surface area (Å²) in [6.07, 6.45) is 4.04. The zero-order valence-corrected chi connectivity index (χ0v) is 11.9. The van der Waals surface area contributed by atoms with E-state index in [0.717, 1.165) is 31.5 Å². The van der Waals surface area contributed by atoms with E-state index in [9.17, 15) is 10.0 Å². The smallest absolute Gasteiger partial charge is 0.166 e. The van der Waals surface area contributed by atoms with Crippen LogP contribution in [-0.2, 0) is 11.2 Å². The first-order chi connectivity index (χ1) is 10.3. The summed E-state index contributed by atoms with van der Waals surface area (Å²) in [7, 11) is 0. The molecule has 4 nitrogen and oxygen atoms in total. The van der Waals surface area contributed by atoms with Gasteiger partial charge in [0.15, 0.2) is 5.78 Å². The second kappa shape index (κ2) is 4.72. The van der Waals surface area contributed by atoms with Crippen LogP contribution in [0.25, 0.3) is 0 Å². The first-order valence-corrected chi connectivity index (χ1v) is 7.61. The van der Waals surface area contributed by atoms with Crippen LogP contribution in [0, 0.1) is 0 Å². The van der Waals surface area contributed by atoms with Crippen LogP contribution in [0.1, 0.15) is 42.9 Å². The van der Waals surface area contributed by atoms with E-state index in [4.69, 9.17) is 0 Å². The minimum absolute atomic E-state index is 0.140. The van der Waals surface area contributed by atoms with Crippen molar-refractivity contribution in [3.05, 3.63) is 46.7 Å². The average molecular weight is 282 g/mol. The lowest BCUT2D eigenvalue weighted by atomic mass is 9.79. The fourth-order valence-corrected chi connectivity index (χ4v) is 4.01. The van der Waals surface area contributed by atoms with Crippen LogP contribution < -0.4 is 0 Å². The van der Waals surface area contributed by atoms with Crippen LogP contribution in [0.15, 0.2) is 40.7 Å². The zero-order chi connectivity index (χ0) is 14.4. The molecule has 1 aliphatic carbocycles. The third kappa shape index (κ3) is 1.82. The molecular weight excluding hydrogens is 264 g/mol. The summed E-state index contributed by atoms with van der Waals surface area (Å²) in [5, 5.41) is 12.8. The Hall–Kier alpha value is -2.10. The molecule has 0 amide bonds. The maximum atomic E-state index is 12.2. The molecule has 0 fully saturated rings. The summed E-state index contributed by atoms with van der Waals surface area (Å²) in [6, 6.07) is 8.70. The Morgan fingerprint density at radius 1 is 1.19 bits per heavy atom. The molecule has 0 bridgehead atoms. The summed E-state index contributed by atoms with van der Waals surface area (Å²) in [5.74, 6) is 0.140. The summed E-state index contributed by atoms with van der Waals surface area (Å²) in [4.78, 5) is 14.6. The van der Waals surface area contributed by atoms with Gasteiger partial charge in [-0.25, -0.2) is 0 Å². The number of ketones is 1. The van der Waals surface area contributed by atoms with Gasteiger partial charge in [0.2, 0.25) is 0 Å². The molecule has 3 aliphatic rings. The summed E-state index contributed by atoms with van der Waals surface area (Å²) < 4.78 is 0. The number of benzene rings is 1. The van der Waals surface area contributed by atoms with Gasteiger partial charge in [0.25, 0.3) is 0 Å². The molecular formula is C17H18N2O2. The lowest BCUT2D eigenvalue weighted by Crippen LogP contribution is -2.43. The maximum absolute atomic E-state index is 12.2. The monoisotopic (exact) mass is 282 g/mol. The van der Waals surface area contributed by atoms with E-state index >= 15 is 0 Å². The molecule has 1 N–H and O–H groups in total. The number of allylic oxidation sites excluding steroid dienone is 2. The van der Waals surface area contributed by atoms with Gasteiger partial charge < -0.3 is 10.1 Å². The highest BCUT2D eigenvalue weighted by Gasteiger charge is 2.39. The average Bonchev–Trinajstić information content (AvgIpc) is 2.54. The molecule has 2 aliphatic heterocycles. The Labute approximate surface area is 123 Å². The number of fused-ring (bicyclic) bond motifs is 4. The molecule has 21 heavy (non-hydrogen) atoms. The Balaban J connectivity index is 1.86. The van der Waals surface area contributed by atoms with Crippen molar-refractivity contribution in [3.8, 4) is 0 Å². The summed E-state index contributed by atoms with van der Waals surface area (Å²) >= 11 is 0. The number of oxime groups is 1. The molecule has 0 saturated carbocycles. The predicted octanol–water partition coefficient (Wildman–Crippen LogP) is 2.83. The van der Waals surface area contributed by atoms with E-state index in [1.807, 2.05) is 0 Å². The molecule has 0 aromatic heterocycles. The molecule has 0 unspecified atom stereocenters. The van der Waals surface area contributed by atoms with Crippen molar-refractivity contribution in [1.82, 2.24) is 4.90 Å². The van der Waals surface area contributed by atoms with Crippen molar-refractivity contribution in [2.75, 3.05) is 6.54 Å². The van der Waals surface area contributed by atoms with E-state index in [2.05, 4.69) is 34.3 Å². The van der Waals surface area contributed by atoms with Gasteiger partial charge in [0.05, 0.1) is 17.3 Å². The number of carbonyl (C=O) groups is 1. The minimum Gasteiger partial charge on any atom is -0.411 e. The fraction of sp³-hybridized carbons (Fsp3) is 0.412. The molecule has 2 heterocycles. The number of hydrogen-bond donors (Lipinski definition) is 1. The van der Waals surface area contributed by atoms with Crippen molar-refractivity contribution in [1.29, 1.82) is 0 Å². The second-order valence-electron chi connectivity index (χ2n) is 6.01. The van der Waals surface area contributed by atoms with Crippen molar-refractivity contribution in [2.24, 2.45) is 5.16 Å². The lowest BCUT2D eigenvalue weighted by molar-refractivity contribution is -0.115. The second-order valence-corrected chi connectivity index (χ2v) is 6.01. The van der Waals surface area contributed by atoms with Gasteiger partial charge in [-0.15, -0.1) is 0 Å². The van der Waals surface area contributed by atoms with Crippen LogP contribution in [0.3, 0.4) is 0 Å². The van der Waals surface area contributed by atoms with Gasteiger partial charge in [0, 0.05) is 25.1 Å².